The highest BCUT2D eigenvalue weighted by molar-refractivity contribution is 8.00. The van der Waals surface area contributed by atoms with E-state index in [9.17, 15) is 4.79 Å². The molecule has 1 fully saturated rings. The van der Waals surface area contributed by atoms with E-state index in [-0.39, 0.29) is 5.91 Å². The Kier molecular flexibility index (Phi) is 6.60. The lowest BCUT2D eigenvalue weighted by atomic mass is 10.1. The highest BCUT2D eigenvalue weighted by Gasteiger charge is 2.23. The van der Waals surface area contributed by atoms with Gasteiger partial charge in [0.15, 0.2) is 0 Å². The smallest absolute Gasteiger partial charge is 0.233 e. The topological polar surface area (TPSA) is 63.0 Å². The van der Waals surface area contributed by atoms with Gasteiger partial charge in [-0.3, -0.25) is 4.79 Å². The molecular weight excluding hydrogens is 470 g/mol. The number of methoxy groups -OCH3 is 1. The van der Waals surface area contributed by atoms with Crippen molar-refractivity contribution < 1.29 is 9.53 Å². The molecule has 0 radical (unpaired) electrons. The van der Waals surface area contributed by atoms with Crippen LogP contribution in [0.4, 0.5) is 5.69 Å². The number of hydrogen-bond acceptors (Lipinski definition) is 6. The molecule has 1 amide bonds. The van der Waals surface area contributed by atoms with Crippen LogP contribution in [0, 0.1) is 0 Å². The molecule has 2 aromatic carbocycles. The lowest BCUT2D eigenvalue weighted by Crippen LogP contribution is -2.49. The number of ether oxygens (including phenoxy) is 1. The molecular formula is C25H24ClN5O2S. The fourth-order valence-corrected chi connectivity index (χ4v) is 5.08. The SMILES string of the molecule is COc1ccccc1N1CCN(C(=O)CSc2nccn3nc(-c4ccc(Cl)cc4)cc23)CC1. The van der Waals surface area contributed by atoms with Crippen LogP contribution in [0.1, 0.15) is 0 Å². The van der Waals surface area contributed by atoms with Crippen LogP contribution in [0.3, 0.4) is 0 Å². The Morgan fingerprint density at radius 1 is 1.09 bits per heavy atom. The van der Waals surface area contributed by atoms with E-state index in [0.717, 1.165) is 46.3 Å². The summed E-state index contributed by atoms with van der Waals surface area (Å²) in [5, 5.41) is 6.13. The molecule has 34 heavy (non-hydrogen) atoms. The van der Waals surface area contributed by atoms with E-state index < -0.39 is 0 Å². The summed E-state index contributed by atoms with van der Waals surface area (Å²) in [4.78, 5) is 21.6. The number of aromatic nitrogens is 3. The maximum absolute atomic E-state index is 12.9. The first-order chi connectivity index (χ1) is 16.6. The van der Waals surface area contributed by atoms with Crippen LogP contribution in [0.25, 0.3) is 16.8 Å². The average Bonchev–Trinajstić information content (AvgIpc) is 3.33. The first-order valence-corrected chi connectivity index (χ1v) is 12.4. The third-order valence-electron chi connectivity index (χ3n) is 5.89. The summed E-state index contributed by atoms with van der Waals surface area (Å²) in [6, 6.07) is 17.6. The Balaban J connectivity index is 1.23. The Bertz CT molecular complexity index is 1300. The zero-order valence-electron chi connectivity index (χ0n) is 18.7. The number of rotatable bonds is 6. The van der Waals surface area contributed by atoms with Gasteiger partial charge in [-0.15, -0.1) is 0 Å². The summed E-state index contributed by atoms with van der Waals surface area (Å²) in [6.07, 6.45) is 3.53. The number of para-hydroxylation sites is 2. The van der Waals surface area contributed by atoms with Crippen molar-refractivity contribution in [2.75, 3.05) is 43.9 Å². The van der Waals surface area contributed by atoms with E-state index in [4.69, 9.17) is 16.3 Å². The summed E-state index contributed by atoms with van der Waals surface area (Å²) >= 11 is 7.46. The van der Waals surface area contributed by atoms with Crippen LogP contribution in [-0.4, -0.2) is 64.4 Å². The molecule has 0 atom stereocenters. The number of halogens is 1. The molecule has 4 aromatic rings. The number of piperazine rings is 1. The maximum Gasteiger partial charge on any atom is 0.233 e. The van der Waals surface area contributed by atoms with Crippen molar-refractivity contribution in [1.82, 2.24) is 19.5 Å². The first kappa shape index (κ1) is 22.6. The molecule has 2 aromatic heterocycles. The van der Waals surface area contributed by atoms with Gasteiger partial charge in [0.1, 0.15) is 10.8 Å². The molecule has 7 nitrogen and oxygen atoms in total. The van der Waals surface area contributed by atoms with E-state index in [1.807, 2.05) is 59.6 Å². The van der Waals surface area contributed by atoms with Crippen molar-refractivity contribution in [1.29, 1.82) is 0 Å². The van der Waals surface area contributed by atoms with E-state index >= 15 is 0 Å². The number of carbonyl (C=O) groups is 1. The number of amides is 1. The van der Waals surface area contributed by atoms with Gasteiger partial charge >= 0.3 is 0 Å². The quantitative estimate of drug-likeness (QED) is 0.368. The number of benzene rings is 2. The number of nitrogens with zero attached hydrogens (tertiary/aromatic N) is 5. The molecule has 174 valence electrons. The molecule has 9 heteroatoms. The highest BCUT2D eigenvalue weighted by Crippen LogP contribution is 2.29. The van der Waals surface area contributed by atoms with Gasteiger partial charge in [-0.05, 0) is 30.3 Å². The molecule has 0 saturated carbocycles. The number of anilines is 1. The van der Waals surface area contributed by atoms with Crippen LogP contribution < -0.4 is 9.64 Å². The van der Waals surface area contributed by atoms with Crippen LogP contribution in [0.2, 0.25) is 5.02 Å². The molecule has 0 spiro atoms. The van der Waals surface area contributed by atoms with Gasteiger partial charge < -0.3 is 14.5 Å². The minimum atomic E-state index is 0.117. The Morgan fingerprint density at radius 3 is 2.62 bits per heavy atom. The standard InChI is InChI=1S/C25H24ClN5O2S/c1-33-23-5-3-2-4-21(23)29-12-14-30(15-13-29)24(32)17-34-25-22-16-20(28-31(22)11-10-27-25)18-6-8-19(26)9-7-18/h2-11,16H,12-15,17H2,1H3. The summed E-state index contributed by atoms with van der Waals surface area (Å²) in [7, 11) is 1.68. The largest absolute Gasteiger partial charge is 0.495 e. The summed E-state index contributed by atoms with van der Waals surface area (Å²) in [5.41, 5.74) is 3.77. The summed E-state index contributed by atoms with van der Waals surface area (Å²) in [6.45, 7) is 2.92. The van der Waals surface area contributed by atoms with E-state index in [1.165, 1.54) is 11.8 Å². The van der Waals surface area contributed by atoms with Crippen LogP contribution in [0.5, 0.6) is 5.75 Å². The van der Waals surface area contributed by atoms with Crippen molar-refractivity contribution in [2.45, 2.75) is 5.03 Å². The number of carbonyl (C=O) groups excluding carboxylic acids is 1. The van der Waals surface area contributed by atoms with Crippen molar-refractivity contribution in [3.8, 4) is 17.0 Å². The molecule has 1 aliphatic rings. The fourth-order valence-electron chi connectivity index (χ4n) is 4.08. The zero-order valence-corrected chi connectivity index (χ0v) is 20.3. The monoisotopic (exact) mass is 493 g/mol. The molecule has 0 aliphatic carbocycles. The van der Waals surface area contributed by atoms with Crippen LogP contribution in [-0.2, 0) is 4.79 Å². The summed E-state index contributed by atoms with van der Waals surface area (Å²) < 4.78 is 7.29. The van der Waals surface area contributed by atoms with Gasteiger partial charge in [0.05, 0.1) is 29.8 Å². The second kappa shape index (κ2) is 9.95. The average molecular weight is 494 g/mol. The molecule has 3 heterocycles. The van der Waals surface area contributed by atoms with E-state index in [1.54, 1.807) is 17.8 Å². The van der Waals surface area contributed by atoms with E-state index in [2.05, 4.69) is 21.0 Å². The van der Waals surface area contributed by atoms with Gasteiger partial charge in [-0.1, -0.05) is 47.6 Å². The molecule has 0 bridgehead atoms. The predicted octanol–water partition coefficient (Wildman–Crippen LogP) is 4.50. The highest BCUT2D eigenvalue weighted by atomic mass is 35.5. The van der Waals surface area contributed by atoms with Gasteiger partial charge in [-0.2, -0.15) is 5.10 Å². The minimum absolute atomic E-state index is 0.117. The second-order valence-electron chi connectivity index (χ2n) is 7.93. The maximum atomic E-state index is 12.9. The van der Waals surface area contributed by atoms with Gasteiger partial charge in [-0.25, -0.2) is 9.50 Å². The third kappa shape index (κ3) is 4.69. The van der Waals surface area contributed by atoms with Gasteiger partial charge in [0.25, 0.3) is 0 Å². The fraction of sp³-hybridized carbons (Fsp3) is 0.240. The molecule has 1 aliphatic heterocycles. The molecule has 0 N–H and O–H groups in total. The number of thioether (sulfide) groups is 1. The Hall–Kier alpha value is -3.23. The van der Waals surface area contributed by atoms with Crippen molar-refractivity contribution in [3.63, 3.8) is 0 Å². The lowest BCUT2D eigenvalue weighted by Gasteiger charge is -2.36. The van der Waals surface area contributed by atoms with Crippen molar-refractivity contribution in [3.05, 3.63) is 72.0 Å². The third-order valence-corrected chi connectivity index (χ3v) is 7.12. The Labute approximate surface area is 207 Å². The molecule has 0 unspecified atom stereocenters. The van der Waals surface area contributed by atoms with Gasteiger partial charge in [0, 0.05) is 49.2 Å². The van der Waals surface area contributed by atoms with Crippen molar-refractivity contribution in [2.24, 2.45) is 0 Å². The molecule has 1 saturated heterocycles. The van der Waals surface area contributed by atoms with E-state index in [0.29, 0.717) is 23.9 Å². The normalized spacial score (nSPS) is 13.9. The Morgan fingerprint density at radius 2 is 1.85 bits per heavy atom. The lowest BCUT2D eigenvalue weighted by molar-refractivity contribution is -0.128. The minimum Gasteiger partial charge on any atom is -0.495 e. The first-order valence-electron chi connectivity index (χ1n) is 11.0. The summed E-state index contributed by atoms with van der Waals surface area (Å²) in [5.74, 6) is 1.31. The van der Waals surface area contributed by atoms with Gasteiger partial charge in [0.2, 0.25) is 5.91 Å². The second-order valence-corrected chi connectivity index (χ2v) is 9.33. The van der Waals surface area contributed by atoms with Crippen LogP contribution in [0.15, 0.2) is 72.0 Å². The predicted molar refractivity (Wildman–Crippen MR) is 136 cm³/mol. The van der Waals surface area contributed by atoms with Crippen molar-refractivity contribution >= 4 is 40.5 Å². The zero-order chi connectivity index (χ0) is 23.5. The molecule has 5 rings (SSSR count). The van der Waals surface area contributed by atoms with Crippen LogP contribution >= 0.6 is 23.4 Å². The number of hydrogen-bond donors (Lipinski definition) is 0. The number of fused-ring (bicyclic) bond motifs is 1.